The highest BCUT2D eigenvalue weighted by atomic mass is 79.9. The van der Waals surface area contributed by atoms with E-state index in [0.29, 0.717) is 32.2 Å². The van der Waals surface area contributed by atoms with E-state index in [9.17, 15) is 4.79 Å². The first-order valence-corrected chi connectivity index (χ1v) is 16.3. The molecule has 0 aliphatic carbocycles. The van der Waals surface area contributed by atoms with Crippen molar-refractivity contribution in [3.05, 3.63) is 22.9 Å². The summed E-state index contributed by atoms with van der Waals surface area (Å²) in [6.45, 7) is 14.1. The second-order valence-corrected chi connectivity index (χ2v) is 17.7. The number of carbonyl (C=O) groups is 1. The number of ether oxygens (including phenoxy) is 3. The van der Waals surface area contributed by atoms with Crippen molar-refractivity contribution in [1.82, 2.24) is 14.5 Å². The SMILES string of the molecule is CC(C)(C)OC(=O)N1CCC(F)(COc2ccnc3c2c(Br)cn3COCC[Si-](C)(C)C)CC1. The molecule has 1 aliphatic heterocycles. The summed E-state index contributed by atoms with van der Waals surface area (Å²) in [5.74, 6) is 0.573. The number of pyridine rings is 1. The van der Waals surface area contributed by atoms with Crippen LogP contribution in [-0.4, -0.2) is 66.2 Å². The van der Waals surface area contributed by atoms with Crippen LogP contribution in [0.2, 0.25) is 25.7 Å². The second kappa shape index (κ2) is 10.5. The zero-order valence-electron chi connectivity index (χ0n) is 21.1. The Labute approximate surface area is 211 Å². The number of likely N-dealkylation sites (tertiary alicyclic amines) is 1. The Morgan fingerprint density at radius 2 is 1.94 bits per heavy atom. The van der Waals surface area contributed by atoms with Gasteiger partial charge in [-0.2, -0.15) is 19.6 Å². The molecule has 0 unspecified atom stereocenters. The highest BCUT2D eigenvalue weighted by molar-refractivity contribution is 9.10. The van der Waals surface area contributed by atoms with E-state index < -0.39 is 25.4 Å². The first-order valence-electron chi connectivity index (χ1n) is 11.8. The summed E-state index contributed by atoms with van der Waals surface area (Å²) in [6, 6.07) is 2.85. The van der Waals surface area contributed by atoms with Crippen LogP contribution < -0.4 is 4.74 Å². The van der Waals surface area contributed by atoms with Crippen LogP contribution in [0.5, 0.6) is 5.75 Å². The summed E-state index contributed by atoms with van der Waals surface area (Å²) < 4.78 is 35.5. The molecule has 0 bridgehead atoms. The molecule has 0 spiro atoms. The lowest BCUT2D eigenvalue weighted by atomic mass is 9.94. The summed E-state index contributed by atoms with van der Waals surface area (Å²) in [6.07, 6.45) is 3.59. The van der Waals surface area contributed by atoms with E-state index in [4.69, 9.17) is 14.2 Å². The van der Waals surface area contributed by atoms with Gasteiger partial charge in [-0.1, -0.05) is 0 Å². The maximum absolute atomic E-state index is 15.5. The van der Waals surface area contributed by atoms with Gasteiger partial charge in [-0.25, -0.2) is 14.2 Å². The molecule has 0 N–H and O–H groups in total. The van der Waals surface area contributed by atoms with Gasteiger partial charge in [-0.05, 0) is 42.8 Å². The number of aromatic nitrogens is 2. The van der Waals surface area contributed by atoms with Gasteiger partial charge in [-0.15, -0.1) is 14.1 Å². The molecule has 0 saturated carbocycles. The Kier molecular flexibility index (Phi) is 8.35. The van der Waals surface area contributed by atoms with Gasteiger partial charge in [0.1, 0.15) is 36.0 Å². The van der Waals surface area contributed by atoms with E-state index in [1.54, 1.807) is 17.2 Å². The fourth-order valence-corrected chi connectivity index (χ4v) is 5.04. The van der Waals surface area contributed by atoms with Crippen molar-refractivity contribution >= 4 is 41.1 Å². The molecule has 3 rings (SSSR count). The number of carbonyl (C=O) groups excluding carboxylic acids is 1. The lowest BCUT2D eigenvalue weighted by Crippen LogP contribution is -2.48. The third-order valence-electron chi connectivity index (χ3n) is 5.70. The maximum atomic E-state index is 15.5. The van der Waals surface area contributed by atoms with Gasteiger partial charge >= 0.3 is 6.09 Å². The van der Waals surface area contributed by atoms with Crippen molar-refractivity contribution in [2.75, 3.05) is 26.3 Å². The Bertz CT molecular complexity index is 994. The van der Waals surface area contributed by atoms with Crippen LogP contribution in [0.4, 0.5) is 9.18 Å². The van der Waals surface area contributed by atoms with Gasteiger partial charge in [0.2, 0.25) is 0 Å². The van der Waals surface area contributed by atoms with Crippen LogP contribution in [0, 0.1) is 0 Å². The highest BCUT2D eigenvalue weighted by Crippen LogP contribution is 2.35. The zero-order valence-corrected chi connectivity index (χ0v) is 23.7. The van der Waals surface area contributed by atoms with E-state index in [2.05, 4.69) is 40.6 Å². The van der Waals surface area contributed by atoms with Crippen molar-refractivity contribution in [2.24, 2.45) is 0 Å². The summed E-state index contributed by atoms with van der Waals surface area (Å²) in [5.41, 5.74) is -1.35. The molecule has 34 heavy (non-hydrogen) atoms. The number of hydrogen-bond acceptors (Lipinski definition) is 5. The average molecular weight is 559 g/mol. The predicted molar refractivity (Wildman–Crippen MR) is 138 cm³/mol. The largest absolute Gasteiger partial charge is 0.489 e. The third kappa shape index (κ3) is 7.42. The number of hydrogen-bond donors (Lipinski definition) is 0. The highest BCUT2D eigenvalue weighted by Gasteiger charge is 2.38. The fourth-order valence-electron chi connectivity index (χ4n) is 3.67. The molecule has 0 aromatic carbocycles. The van der Waals surface area contributed by atoms with Gasteiger partial charge in [0, 0.05) is 49.4 Å². The standard InChI is InChI=1S/C24H37BrFN3O4Si/c1-23(2,3)33-22(30)28-11-8-24(26,9-12-28)16-32-19-7-10-27-21-20(19)18(25)15-29(21)17-31-13-14-34(4,5)6/h7,10,15H,8-9,11-14,16-17H2,1-6H3/q-1. The Balaban J connectivity index is 1.60. The van der Waals surface area contributed by atoms with Crippen LogP contribution in [0.25, 0.3) is 11.0 Å². The molecule has 3 heterocycles. The number of rotatable bonds is 8. The summed E-state index contributed by atoms with van der Waals surface area (Å²) in [5, 5.41) is 0.797. The van der Waals surface area contributed by atoms with Crippen molar-refractivity contribution < 1.29 is 23.4 Å². The Morgan fingerprint density at radius 1 is 1.26 bits per heavy atom. The van der Waals surface area contributed by atoms with Crippen LogP contribution in [0.15, 0.2) is 22.9 Å². The van der Waals surface area contributed by atoms with Crippen molar-refractivity contribution in [1.29, 1.82) is 0 Å². The smallest absolute Gasteiger partial charge is 0.410 e. The lowest BCUT2D eigenvalue weighted by Gasteiger charge is -2.36. The van der Waals surface area contributed by atoms with E-state index in [1.807, 2.05) is 31.5 Å². The molecule has 7 nitrogen and oxygen atoms in total. The molecule has 0 atom stereocenters. The Hall–Kier alpha value is -1.65. The number of nitrogens with zero attached hydrogens (tertiary/aromatic N) is 3. The first-order chi connectivity index (χ1) is 15.8. The monoisotopic (exact) mass is 557 g/mol. The van der Waals surface area contributed by atoms with Crippen molar-refractivity contribution in [2.45, 2.75) is 77.3 Å². The summed E-state index contributed by atoms with van der Waals surface area (Å²) in [7, 11) is -1.15. The minimum atomic E-state index is -1.51. The van der Waals surface area contributed by atoms with Gasteiger partial charge in [0.05, 0.1) is 5.39 Å². The van der Waals surface area contributed by atoms with Gasteiger partial charge in [0.25, 0.3) is 0 Å². The molecule has 191 valence electrons. The molecule has 1 fully saturated rings. The number of alkyl halides is 1. The quantitative estimate of drug-likeness (QED) is 0.284. The molecule has 2 aromatic heterocycles. The molecule has 1 saturated heterocycles. The fraction of sp³-hybridized carbons (Fsp3) is 0.667. The number of fused-ring (bicyclic) bond motifs is 1. The molecule has 1 amide bonds. The average Bonchev–Trinajstić information content (AvgIpc) is 3.04. The summed E-state index contributed by atoms with van der Waals surface area (Å²) in [4.78, 5) is 18.3. The Morgan fingerprint density at radius 3 is 2.56 bits per heavy atom. The minimum absolute atomic E-state index is 0.0847. The van der Waals surface area contributed by atoms with Gasteiger partial charge < -0.3 is 23.7 Å². The van der Waals surface area contributed by atoms with E-state index in [-0.39, 0.29) is 19.4 Å². The minimum Gasteiger partial charge on any atom is -0.489 e. The van der Waals surface area contributed by atoms with E-state index in [0.717, 1.165) is 21.6 Å². The van der Waals surface area contributed by atoms with Crippen LogP contribution in [-0.2, 0) is 16.2 Å². The molecule has 1 aliphatic rings. The number of piperidine rings is 1. The molecular weight excluding hydrogens is 521 g/mol. The third-order valence-corrected chi connectivity index (χ3v) is 8.00. The van der Waals surface area contributed by atoms with Gasteiger partial charge in [-0.3, -0.25) is 0 Å². The lowest BCUT2D eigenvalue weighted by molar-refractivity contribution is -0.00897. The van der Waals surface area contributed by atoms with Crippen LogP contribution >= 0.6 is 15.9 Å². The summed E-state index contributed by atoms with van der Waals surface area (Å²) >= 11 is 3.60. The zero-order chi connectivity index (χ0) is 25.1. The van der Waals surface area contributed by atoms with E-state index >= 15 is 4.39 Å². The number of halogens is 2. The van der Waals surface area contributed by atoms with Crippen molar-refractivity contribution in [3.63, 3.8) is 0 Å². The first kappa shape index (κ1) is 26.9. The van der Waals surface area contributed by atoms with Crippen LogP contribution in [0.3, 0.4) is 0 Å². The van der Waals surface area contributed by atoms with Gasteiger partial charge in [0.15, 0.2) is 0 Å². The van der Waals surface area contributed by atoms with Crippen LogP contribution in [0.1, 0.15) is 33.6 Å². The maximum Gasteiger partial charge on any atom is 0.410 e. The normalized spacial score (nSPS) is 16.6. The second-order valence-electron chi connectivity index (χ2n) is 11.2. The number of amides is 1. The van der Waals surface area contributed by atoms with Crippen molar-refractivity contribution in [3.8, 4) is 5.75 Å². The molecule has 0 radical (unpaired) electrons. The topological polar surface area (TPSA) is 65.8 Å². The molecular formula is C24H37BrFN3O4Si-. The molecule has 10 heteroatoms. The molecule has 2 aromatic rings. The van der Waals surface area contributed by atoms with E-state index in [1.165, 1.54) is 0 Å². The predicted octanol–water partition coefficient (Wildman–Crippen LogP) is 6.23.